The van der Waals surface area contributed by atoms with Crippen molar-refractivity contribution in [3.05, 3.63) is 35.4 Å². The summed E-state index contributed by atoms with van der Waals surface area (Å²) in [6.45, 7) is 7.26. The van der Waals surface area contributed by atoms with Gasteiger partial charge in [-0.25, -0.2) is 0 Å². The standard InChI is InChI=1S/C16H24N2O/c1-3-12(2)14-4-6-15(7-5-14)16(19)18-11-13-8-9-17-10-13/h4-7,12-13,17H,3,8-11H2,1-2H3,(H,18,19). The van der Waals surface area contributed by atoms with E-state index in [1.165, 1.54) is 5.56 Å². The molecule has 2 unspecified atom stereocenters. The number of hydrogen-bond acceptors (Lipinski definition) is 2. The smallest absolute Gasteiger partial charge is 0.251 e. The molecule has 1 aromatic rings. The number of nitrogens with one attached hydrogen (secondary N) is 2. The van der Waals surface area contributed by atoms with Gasteiger partial charge in [-0.1, -0.05) is 26.0 Å². The summed E-state index contributed by atoms with van der Waals surface area (Å²) < 4.78 is 0. The van der Waals surface area contributed by atoms with Crippen molar-refractivity contribution >= 4 is 5.91 Å². The summed E-state index contributed by atoms with van der Waals surface area (Å²) >= 11 is 0. The molecule has 3 nitrogen and oxygen atoms in total. The Kier molecular flexibility index (Phi) is 4.97. The summed E-state index contributed by atoms with van der Waals surface area (Å²) in [5.74, 6) is 1.19. The molecule has 0 aromatic heterocycles. The zero-order valence-electron chi connectivity index (χ0n) is 11.9. The maximum atomic E-state index is 12.0. The van der Waals surface area contributed by atoms with Gasteiger partial charge in [-0.15, -0.1) is 0 Å². The second-order valence-corrected chi connectivity index (χ2v) is 5.50. The highest BCUT2D eigenvalue weighted by Gasteiger charge is 2.15. The molecule has 1 amide bonds. The van der Waals surface area contributed by atoms with Gasteiger partial charge in [-0.05, 0) is 55.5 Å². The SMILES string of the molecule is CCC(C)c1ccc(C(=O)NCC2CCNC2)cc1. The number of hydrogen-bond donors (Lipinski definition) is 2. The van der Waals surface area contributed by atoms with Crippen LogP contribution < -0.4 is 10.6 Å². The Bertz CT molecular complexity index is 407. The summed E-state index contributed by atoms with van der Waals surface area (Å²) in [5, 5.41) is 6.34. The third-order valence-corrected chi connectivity index (χ3v) is 4.07. The summed E-state index contributed by atoms with van der Waals surface area (Å²) in [5.41, 5.74) is 2.07. The van der Waals surface area contributed by atoms with Crippen molar-refractivity contribution in [2.45, 2.75) is 32.6 Å². The van der Waals surface area contributed by atoms with Crippen molar-refractivity contribution in [1.29, 1.82) is 0 Å². The molecule has 0 radical (unpaired) electrons. The van der Waals surface area contributed by atoms with Crippen LogP contribution in [0.1, 0.15) is 48.5 Å². The van der Waals surface area contributed by atoms with Crippen LogP contribution in [-0.2, 0) is 0 Å². The lowest BCUT2D eigenvalue weighted by molar-refractivity contribution is 0.0948. The van der Waals surface area contributed by atoms with E-state index in [9.17, 15) is 4.79 Å². The van der Waals surface area contributed by atoms with Crippen LogP contribution in [-0.4, -0.2) is 25.5 Å². The first-order chi connectivity index (χ1) is 9.20. The summed E-state index contributed by atoms with van der Waals surface area (Å²) in [6, 6.07) is 8.01. The van der Waals surface area contributed by atoms with Crippen molar-refractivity contribution in [3.8, 4) is 0 Å². The number of benzene rings is 1. The van der Waals surface area contributed by atoms with Crippen molar-refractivity contribution in [2.24, 2.45) is 5.92 Å². The first kappa shape index (κ1) is 14.1. The Hall–Kier alpha value is -1.35. The molecule has 1 heterocycles. The van der Waals surface area contributed by atoms with E-state index in [0.717, 1.165) is 38.0 Å². The zero-order valence-corrected chi connectivity index (χ0v) is 11.9. The highest BCUT2D eigenvalue weighted by Crippen LogP contribution is 2.18. The third kappa shape index (κ3) is 3.80. The average Bonchev–Trinajstić information content (AvgIpc) is 2.97. The lowest BCUT2D eigenvalue weighted by atomic mass is 9.97. The lowest BCUT2D eigenvalue weighted by Gasteiger charge is -2.12. The Morgan fingerprint density at radius 2 is 2.16 bits per heavy atom. The number of amides is 1. The van der Waals surface area contributed by atoms with Gasteiger partial charge in [-0.3, -0.25) is 4.79 Å². The molecule has 1 aliphatic rings. The fourth-order valence-electron chi connectivity index (χ4n) is 2.43. The van der Waals surface area contributed by atoms with E-state index in [2.05, 4.69) is 36.6 Å². The second kappa shape index (κ2) is 6.71. The molecule has 1 aliphatic heterocycles. The quantitative estimate of drug-likeness (QED) is 0.854. The molecule has 104 valence electrons. The lowest BCUT2D eigenvalue weighted by Crippen LogP contribution is -2.30. The molecule has 3 heteroatoms. The largest absolute Gasteiger partial charge is 0.352 e. The molecule has 0 saturated carbocycles. The normalized spacial score (nSPS) is 20.2. The minimum absolute atomic E-state index is 0.0441. The highest BCUT2D eigenvalue weighted by atomic mass is 16.1. The fourth-order valence-corrected chi connectivity index (χ4v) is 2.43. The van der Waals surface area contributed by atoms with Crippen LogP contribution in [0.4, 0.5) is 0 Å². The molecule has 0 bridgehead atoms. The van der Waals surface area contributed by atoms with Crippen LogP contribution >= 0.6 is 0 Å². The van der Waals surface area contributed by atoms with E-state index < -0.39 is 0 Å². The molecule has 0 spiro atoms. The minimum Gasteiger partial charge on any atom is -0.352 e. The van der Waals surface area contributed by atoms with E-state index in [1.807, 2.05) is 12.1 Å². The van der Waals surface area contributed by atoms with Gasteiger partial charge in [0.2, 0.25) is 0 Å². The molecule has 2 atom stereocenters. The van der Waals surface area contributed by atoms with E-state index in [4.69, 9.17) is 0 Å². The molecule has 19 heavy (non-hydrogen) atoms. The second-order valence-electron chi connectivity index (χ2n) is 5.50. The molecular weight excluding hydrogens is 236 g/mol. The van der Waals surface area contributed by atoms with Gasteiger partial charge in [0.15, 0.2) is 0 Å². The predicted octanol–water partition coefficient (Wildman–Crippen LogP) is 2.54. The molecule has 1 saturated heterocycles. The van der Waals surface area contributed by atoms with Crippen LogP contribution in [0.25, 0.3) is 0 Å². The molecular formula is C16H24N2O. The number of carbonyl (C=O) groups excluding carboxylic acids is 1. The molecule has 2 N–H and O–H groups in total. The van der Waals surface area contributed by atoms with Gasteiger partial charge in [0.05, 0.1) is 0 Å². The van der Waals surface area contributed by atoms with Gasteiger partial charge >= 0.3 is 0 Å². The summed E-state index contributed by atoms with van der Waals surface area (Å²) in [4.78, 5) is 12.0. The topological polar surface area (TPSA) is 41.1 Å². The van der Waals surface area contributed by atoms with E-state index >= 15 is 0 Å². The highest BCUT2D eigenvalue weighted by molar-refractivity contribution is 5.94. The first-order valence-corrected chi connectivity index (χ1v) is 7.29. The van der Waals surface area contributed by atoms with Gasteiger partial charge in [0.1, 0.15) is 0 Å². The maximum Gasteiger partial charge on any atom is 0.251 e. The van der Waals surface area contributed by atoms with Crippen LogP contribution in [0, 0.1) is 5.92 Å². The van der Waals surface area contributed by atoms with Gasteiger partial charge < -0.3 is 10.6 Å². The van der Waals surface area contributed by atoms with E-state index in [1.54, 1.807) is 0 Å². The number of carbonyl (C=O) groups is 1. The van der Waals surface area contributed by atoms with Crippen molar-refractivity contribution in [2.75, 3.05) is 19.6 Å². The fraction of sp³-hybridized carbons (Fsp3) is 0.562. The zero-order chi connectivity index (χ0) is 13.7. The van der Waals surface area contributed by atoms with Crippen LogP contribution in [0.2, 0.25) is 0 Å². The predicted molar refractivity (Wildman–Crippen MR) is 78.5 cm³/mol. The number of rotatable bonds is 5. The Morgan fingerprint density at radius 1 is 1.42 bits per heavy atom. The Labute approximate surface area is 115 Å². The Balaban J connectivity index is 1.88. The van der Waals surface area contributed by atoms with E-state index in [0.29, 0.717) is 11.8 Å². The van der Waals surface area contributed by atoms with Crippen LogP contribution in [0.3, 0.4) is 0 Å². The molecule has 1 fully saturated rings. The average molecular weight is 260 g/mol. The van der Waals surface area contributed by atoms with Crippen LogP contribution in [0.15, 0.2) is 24.3 Å². The van der Waals surface area contributed by atoms with Crippen LogP contribution in [0.5, 0.6) is 0 Å². The van der Waals surface area contributed by atoms with Gasteiger partial charge in [0.25, 0.3) is 5.91 Å². The molecule has 2 rings (SSSR count). The van der Waals surface area contributed by atoms with Crippen molar-refractivity contribution < 1.29 is 4.79 Å². The van der Waals surface area contributed by atoms with Gasteiger partial charge in [0, 0.05) is 12.1 Å². The Morgan fingerprint density at radius 3 is 2.74 bits per heavy atom. The van der Waals surface area contributed by atoms with Gasteiger partial charge in [-0.2, -0.15) is 0 Å². The first-order valence-electron chi connectivity index (χ1n) is 7.29. The van der Waals surface area contributed by atoms with Crippen molar-refractivity contribution in [3.63, 3.8) is 0 Å². The van der Waals surface area contributed by atoms with Crippen molar-refractivity contribution in [1.82, 2.24) is 10.6 Å². The van der Waals surface area contributed by atoms with E-state index in [-0.39, 0.29) is 5.91 Å². The summed E-state index contributed by atoms with van der Waals surface area (Å²) in [7, 11) is 0. The molecule has 1 aromatic carbocycles. The monoisotopic (exact) mass is 260 g/mol. The molecule has 0 aliphatic carbocycles. The minimum atomic E-state index is 0.0441. The maximum absolute atomic E-state index is 12.0. The third-order valence-electron chi connectivity index (χ3n) is 4.07. The summed E-state index contributed by atoms with van der Waals surface area (Å²) in [6.07, 6.45) is 2.29.